The van der Waals surface area contributed by atoms with E-state index < -0.39 is 16.2 Å². The highest BCUT2D eigenvalue weighted by Crippen LogP contribution is 2.34. The van der Waals surface area contributed by atoms with E-state index in [0.29, 0.717) is 6.42 Å². The van der Waals surface area contributed by atoms with Crippen LogP contribution in [0.15, 0.2) is 36.4 Å². The van der Waals surface area contributed by atoms with Crippen LogP contribution in [-0.2, 0) is 22.7 Å². The van der Waals surface area contributed by atoms with Gasteiger partial charge in [0.25, 0.3) is 0 Å². The van der Waals surface area contributed by atoms with Crippen molar-refractivity contribution in [1.29, 1.82) is 15.8 Å². The zero-order valence-electron chi connectivity index (χ0n) is 18.5. The van der Waals surface area contributed by atoms with E-state index in [1.807, 2.05) is 78.8 Å². The molecule has 0 bridgehead atoms. The van der Waals surface area contributed by atoms with Gasteiger partial charge in [-0.1, -0.05) is 47.5 Å². The molecule has 0 spiro atoms. The number of benzene rings is 2. The van der Waals surface area contributed by atoms with Crippen LogP contribution in [-0.4, -0.2) is 0 Å². The molecule has 0 aliphatic carbocycles. The minimum Gasteiger partial charge on any atom is -0.197 e. The lowest BCUT2D eigenvalue weighted by molar-refractivity contribution is 0.597. The molecule has 2 aromatic rings. The predicted octanol–water partition coefficient (Wildman–Crippen LogP) is 5.93. The molecule has 2 aromatic carbocycles. The lowest BCUT2D eigenvalue weighted by Gasteiger charge is -2.27. The van der Waals surface area contributed by atoms with Gasteiger partial charge < -0.3 is 0 Å². The van der Waals surface area contributed by atoms with Gasteiger partial charge in [0.05, 0.1) is 34.5 Å². The number of hydrogen-bond donors (Lipinski definition) is 0. The van der Waals surface area contributed by atoms with E-state index in [9.17, 15) is 15.8 Å². The first-order valence-corrected chi connectivity index (χ1v) is 9.84. The molecule has 3 nitrogen and oxygen atoms in total. The molecular weight excluding hydrogens is 354 g/mol. The molecule has 0 heterocycles. The monoisotopic (exact) mass is 383 g/mol. The molecular formula is C26H29N3. The third-order valence-corrected chi connectivity index (χ3v) is 5.66. The molecule has 29 heavy (non-hydrogen) atoms. The van der Waals surface area contributed by atoms with E-state index in [4.69, 9.17) is 0 Å². The van der Waals surface area contributed by atoms with Gasteiger partial charge in [0, 0.05) is 0 Å². The third-order valence-electron chi connectivity index (χ3n) is 5.66. The Morgan fingerprint density at radius 3 is 1.55 bits per heavy atom. The standard InChI is InChI=1S/C26H29N3/c1-18-8-20(12-21(9-18)24(3,4)15-27)14-26(7,17-29)23-11-19(2)10-22(13-23)25(5,6)16-28/h8-13H,14H2,1-7H3/t26-/m0/s1. The van der Waals surface area contributed by atoms with Crippen molar-refractivity contribution in [3.8, 4) is 18.2 Å². The largest absolute Gasteiger partial charge is 0.197 e. The summed E-state index contributed by atoms with van der Waals surface area (Å²) in [5, 5.41) is 29.2. The van der Waals surface area contributed by atoms with Gasteiger partial charge in [0.1, 0.15) is 0 Å². The average Bonchev–Trinajstić information content (AvgIpc) is 2.66. The first-order valence-electron chi connectivity index (χ1n) is 9.84. The van der Waals surface area contributed by atoms with Crippen molar-refractivity contribution >= 4 is 0 Å². The molecule has 2 rings (SSSR count). The van der Waals surface area contributed by atoms with E-state index >= 15 is 0 Å². The van der Waals surface area contributed by atoms with Crippen LogP contribution in [0.5, 0.6) is 0 Å². The van der Waals surface area contributed by atoms with Gasteiger partial charge in [-0.3, -0.25) is 0 Å². The van der Waals surface area contributed by atoms with Gasteiger partial charge >= 0.3 is 0 Å². The Hall–Kier alpha value is -3.09. The quantitative estimate of drug-likeness (QED) is 0.642. The maximum atomic E-state index is 10.1. The molecule has 0 fully saturated rings. The Kier molecular flexibility index (Phi) is 5.92. The number of nitrogens with zero attached hydrogens (tertiary/aromatic N) is 3. The molecule has 0 N–H and O–H groups in total. The van der Waals surface area contributed by atoms with Crippen molar-refractivity contribution in [3.05, 3.63) is 69.8 Å². The van der Waals surface area contributed by atoms with Crippen molar-refractivity contribution in [2.75, 3.05) is 0 Å². The number of aryl methyl sites for hydroxylation is 2. The van der Waals surface area contributed by atoms with Crippen LogP contribution in [0.2, 0.25) is 0 Å². The Morgan fingerprint density at radius 1 is 0.621 bits per heavy atom. The van der Waals surface area contributed by atoms with E-state index in [1.165, 1.54) is 0 Å². The van der Waals surface area contributed by atoms with Crippen LogP contribution in [0.1, 0.15) is 68.0 Å². The smallest absolute Gasteiger partial charge is 0.0834 e. The third kappa shape index (κ3) is 4.67. The summed E-state index contributed by atoms with van der Waals surface area (Å²) in [4.78, 5) is 0. The molecule has 0 saturated heterocycles. The lowest BCUT2D eigenvalue weighted by atomic mass is 9.74. The second-order valence-corrected chi connectivity index (χ2v) is 9.39. The average molecular weight is 384 g/mol. The minimum absolute atomic E-state index is 0.537. The fourth-order valence-corrected chi connectivity index (χ4v) is 3.53. The number of nitriles is 3. The highest BCUT2D eigenvalue weighted by Gasteiger charge is 2.31. The fourth-order valence-electron chi connectivity index (χ4n) is 3.53. The SMILES string of the molecule is Cc1cc(C[C@@](C)(C#N)c2cc(C)cc(C(C)(C)C#N)c2)cc(C(C)(C)C#N)c1. The van der Waals surface area contributed by atoms with Crippen molar-refractivity contribution in [2.45, 2.75) is 71.1 Å². The summed E-state index contributed by atoms with van der Waals surface area (Å²) in [6, 6.07) is 19.4. The van der Waals surface area contributed by atoms with E-state index in [2.05, 4.69) is 24.3 Å². The summed E-state index contributed by atoms with van der Waals surface area (Å²) < 4.78 is 0. The summed E-state index contributed by atoms with van der Waals surface area (Å²) in [6.07, 6.45) is 0.537. The maximum Gasteiger partial charge on any atom is 0.0834 e. The first-order chi connectivity index (χ1) is 13.4. The van der Waals surface area contributed by atoms with Gasteiger partial charge in [-0.2, -0.15) is 15.8 Å². The predicted molar refractivity (Wildman–Crippen MR) is 116 cm³/mol. The van der Waals surface area contributed by atoms with Crippen LogP contribution < -0.4 is 0 Å². The highest BCUT2D eigenvalue weighted by molar-refractivity contribution is 5.45. The molecule has 0 amide bonds. The molecule has 0 aliphatic rings. The zero-order valence-corrected chi connectivity index (χ0v) is 18.5. The molecule has 148 valence electrons. The molecule has 0 unspecified atom stereocenters. The van der Waals surface area contributed by atoms with Crippen LogP contribution in [0.25, 0.3) is 0 Å². The van der Waals surface area contributed by atoms with Gasteiger partial charge in [-0.15, -0.1) is 0 Å². The molecule has 0 radical (unpaired) electrons. The Labute approximate surface area is 175 Å². The lowest BCUT2D eigenvalue weighted by Crippen LogP contribution is -2.25. The van der Waals surface area contributed by atoms with Crippen LogP contribution in [0, 0.1) is 47.8 Å². The molecule has 1 atom stereocenters. The van der Waals surface area contributed by atoms with Crippen LogP contribution in [0.4, 0.5) is 0 Å². The van der Waals surface area contributed by atoms with Crippen molar-refractivity contribution < 1.29 is 0 Å². The number of hydrogen-bond acceptors (Lipinski definition) is 3. The van der Waals surface area contributed by atoms with Crippen molar-refractivity contribution in [2.24, 2.45) is 0 Å². The van der Waals surface area contributed by atoms with E-state index in [0.717, 1.165) is 33.4 Å². The zero-order chi connectivity index (χ0) is 22.0. The summed E-state index contributed by atoms with van der Waals surface area (Å²) in [5.41, 5.74) is 4.01. The second kappa shape index (κ2) is 7.73. The molecule has 3 heteroatoms. The van der Waals surface area contributed by atoms with E-state index in [-0.39, 0.29) is 0 Å². The topological polar surface area (TPSA) is 71.4 Å². The summed E-state index contributed by atoms with van der Waals surface area (Å²) in [7, 11) is 0. The molecule has 0 aromatic heterocycles. The van der Waals surface area contributed by atoms with Crippen LogP contribution in [0.3, 0.4) is 0 Å². The first kappa shape index (κ1) is 22.2. The fraction of sp³-hybridized carbons (Fsp3) is 0.423. The van der Waals surface area contributed by atoms with Gasteiger partial charge in [0.2, 0.25) is 0 Å². The highest BCUT2D eigenvalue weighted by atomic mass is 14.4. The van der Waals surface area contributed by atoms with Gasteiger partial charge in [-0.25, -0.2) is 0 Å². The number of rotatable bonds is 5. The minimum atomic E-state index is -0.742. The van der Waals surface area contributed by atoms with Crippen LogP contribution >= 0.6 is 0 Å². The Bertz CT molecular complexity index is 1050. The van der Waals surface area contributed by atoms with Crippen molar-refractivity contribution in [1.82, 2.24) is 0 Å². The Balaban J connectivity index is 2.57. The normalized spacial score (nSPS) is 13.7. The van der Waals surface area contributed by atoms with Gasteiger partial charge in [-0.05, 0) is 77.1 Å². The summed E-state index contributed by atoms with van der Waals surface area (Å²) >= 11 is 0. The second-order valence-electron chi connectivity index (χ2n) is 9.39. The van der Waals surface area contributed by atoms with Crippen molar-refractivity contribution in [3.63, 3.8) is 0 Å². The maximum absolute atomic E-state index is 10.1. The summed E-state index contributed by atoms with van der Waals surface area (Å²) in [6.45, 7) is 13.6. The molecule has 0 saturated carbocycles. The Morgan fingerprint density at radius 2 is 1.07 bits per heavy atom. The molecule has 0 aliphatic heterocycles. The van der Waals surface area contributed by atoms with Gasteiger partial charge in [0.15, 0.2) is 0 Å². The van der Waals surface area contributed by atoms with E-state index in [1.54, 1.807) is 0 Å². The summed E-state index contributed by atoms with van der Waals surface area (Å²) in [5.74, 6) is 0.